The molecule has 0 spiro atoms. The Bertz CT molecular complexity index is 864. The predicted octanol–water partition coefficient (Wildman–Crippen LogP) is 5.22. The third kappa shape index (κ3) is 3.25. The molecule has 0 aromatic heterocycles. The number of fused-ring (bicyclic) bond motifs is 1. The molecule has 126 valence electrons. The topological polar surface area (TPSA) is 18.5 Å². The van der Waals surface area contributed by atoms with Crippen molar-refractivity contribution in [2.75, 3.05) is 7.11 Å². The summed E-state index contributed by atoms with van der Waals surface area (Å²) in [5.74, 6) is 1.90. The number of benzene rings is 3. The molecule has 0 fully saturated rings. The molecule has 0 saturated heterocycles. The van der Waals surface area contributed by atoms with Gasteiger partial charge in [-0.05, 0) is 35.7 Å². The minimum Gasteiger partial charge on any atom is -0.497 e. The number of hydrogen-bond acceptors (Lipinski definition) is 2. The first-order valence-electron chi connectivity index (χ1n) is 8.71. The summed E-state index contributed by atoms with van der Waals surface area (Å²) in [6.45, 7) is 2.12. The van der Waals surface area contributed by atoms with E-state index in [1.807, 2.05) is 12.1 Å². The van der Waals surface area contributed by atoms with Gasteiger partial charge in [-0.25, -0.2) is 0 Å². The fourth-order valence-electron chi connectivity index (χ4n) is 3.44. The van der Waals surface area contributed by atoms with Crippen molar-refractivity contribution >= 4 is 0 Å². The molecule has 1 atom stereocenters. The van der Waals surface area contributed by atoms with Crippen molar-refractivity contribution in [1.82, 2.24) is 0 Å². The Balaban J connectivity index is 1.57. The second kappa shape index (κ2) is 6.64. The summed E-state index contributed by atoms with van der Waals surface area (Å²) in [6, 6.07) is 23.3. The van der Waals surface area contributed by atoms with Crippen LogP contribution in [0, 0.1) is 6.92 Å². The van der Waals surface area contributed by atoms with Crippen LogP contribution >= 0.6 is 0 Å². The molecular formula is C23H22O2. The van der Waals surface area contributed by atoms with E-state index in [1.165, 1.54) is 16.7 Å². The van der Waals surface area contributed by atoms with E-state index in [-0.39, 0.29) is 6.10 Å². The average Bonchev–Trinajstić information content (AvgIpc) is 3.06. The molecule has 0 aliphatic carbocycles. The highest BCUT2D eigenvalue weighted by Crippen LogP contribution is 2.39. The molecule has 0 amide bonds. The van der Waals surface area contributed by atoms with Crippen molar-refractivity contribution in [1.29, 1.82) is 0 Å². The summed E-state index contributed by atoms with van der Waals surface area (Å²) in [6.07, 6.45) is 2.11. The second-order valence-corrected chi connectivity index (χ2v) is 6.66. The zero-order valence-corrected chi connectivity index (χ0v) is 14.7. The van der Waals surface area contributed by atoms with Crippen LogP contribution in [0.1, 0.15) is 16.7 Å². The number of para-hydroxylation sites is 1. The van der Waals surface area contributed by atoms with Crippen molar-refractivity contribution in [3.8, 4) is 22.6 Å². The summed E-state index contributed by atoms with van der Waals surface area (Å²) >= 11 is 0. The molecule has 3 aromatic carbocycles. The number of ether oxygens (including phenoxy) is 2. The molecular weight excluding hydrogens is 308 g/mol. The van der Waals surface area contributed by atoms with E-state index in [0.29, 0.717) is 0 Å². The highest BCUT2D eigenvalue weighted by molar-refractivity contribution is 5.73. The molecule has 2 nitrogen and oxygen atoms in total. The Morgan fingerprint density at radius 3 is 2.44 bits per heavy atom. The molecule has 3 aromatic rings. The maximum atomic E-state index is 6.35. The minimum absolute atomic E-state index is 0.206. The van der Waals surface area contributed by atoms with Gasteiger partial charge in [0.15, 0.2) is 0 Å². The van der Waals surface area contributed by atoms with Crippen molar-refractivity contribution < 1.29 is 9.47 Å². The van der Waals surface area contributed by atoms with E-state index in [0.717, 1.165) is 35.5 Å². The predicted molar refractivity (Wildman–Crippen MR) is 101 cm³/mol. The highest BCUT2D eigenvalue weighted by Gasteiger charge is 2.25. The number of hydrogen-bond donors (Lipinski definition) is 0. The molecule has 1 aliphatic rings. The van der Waals surface area contributed by atoms with Gasteiger partial charge in [0.25, 0.3) is 0 Å². The van der Waals surface area contributed by atoms with Crippen LogP contribution < -0.4 is 9.47 Å². The van der Waals surface area contributed by atoms with E-state index in [1.54, 1.807) is 7.11 Å². The fourth-order valence-corrected chi connectivity index (χ4v) is 3.44. The lowest BCUT2D eigenvalue weighted by atomic mass is 9.99. The molecule has 0 N–H and O–H groups in total. The van der Waals surface area contributed by atoms with Gasteiger partial charge >= 0.3 is 0 Å². The van der Waals surface area contributed by atoms with Gasteiger partial charge in [0, 0.05) is 18.4 Å². The van der Waals surface area contributed by atoms with Gasteiger partial charge in [0.2, 0.25) is 0 Å². The molecule has 25 heavy (non-hydrogen) atoms. The molecule has 4 rings (SSSR count). The van der Waals surface area contributed by atoms with Crippen LogP contribution in [0.15, 0.2) is 66.7 Å². The van der Waals surface area contributed by atoms with Gasteiger partial charge < -0.3 is 9.47 Å². The summed E-state index contributed by atoms with van der Waals surface area (Å²) in [5.41, 5.74) is 6.24. The third-order valence-corrected chi connectivity index (χ3v) is 4.81. The van der Waals surface area contributed by atoms with Gasteiger partial charge in [-0.3, -0.25) is 0 Å². The third-order valence-electron chi connectivity index (χ3n) is 4.81. The minimum atomic E-state index is 0.206. The molecule has 1 unspecified atom stereocenters. The maximum absolute atomic E-state index is 6.35. The SMILES string of the molecule is COc1ccc(-c2cccc3c2OC(Cc2ccc(C)cc2)C3)cc1. The van der Waals surface area contributed by atoms with Gasteiger partial charge in [-0.15, -0.1) is 0 Å². The van der Waals surface area contributed by atoms with Crippen LogP contribution in [-0.2, 0) is 12.8 Å². The number of rotatable bonds is 4. The smallest absolute Gasteiger partial charge is 0.130 e. The van der Waals surface area contributed by atoms with Crippen molar-refractivity contribution in [3.63, 3.8) is 0 Å². The zero-order valence-electron chi connectivity index (χ0n) is 14.7. The van der Waals surface area contributed by atoms with Gasteiger partial charge in [0.05, 0.1) is 7.11 Å². The fraction of sp³-hybridized carbons (Fsp3) is 0.217. The molecule has 0 bridgehead atoms. The number of aryl methyl sites for hydroxylation is 1. The van der Waals surface area contributed by atoms with Crippen molar-refractivity contribution in [2.24, 2.45) is 0 Å². The first-order valence-corrected chi connectivity index (χ1v) is 8.71. The van der Waals surface area contributed by atoms with Gasteiger partial charge in [-0.1, -0.05) is 60.2 Å². The molecule has 0 radical (unpaired) electrons. The van der Waals surface area contributed by atoms with E-state index >= 15 is 0 Å². The Morgan fingerprint density at radius 2 is 1.72 bits per heavy atom. The van der Waals surface area contributed by atoms with E-state index < -0.39 is 0 Å². The van der Waals surface area contributed by atoms with Crippen LogP contribution in [0.25, 0.3) is 11.1 Å². The maximum Gasteiger partial charge on any atom is 0.130 e. The Labute approximate surface area is 149 Å². The van der Waals surface area contributed by atoms with Crippen molar-refractivity contribution in [2.45, 2.75) is 25.9 Å². The van der Waals surface area contributed by atoms with E-state index in [2.05, 4.69) is 61.5 Å². The Hall–Kier alpha value is -2.74. The van der Waals surface area contributed by atoms with E-state index in [9.17, 15) is 0 Å². The summed E-state index contributed by atoms with van der Waals surface area (Å²) in [5, 5.41) is 0. The molecule has 0 saturated carbocycles. The first-order chi connectivity index (χ1) is 12.2. The average molecular weight is 330 g/mol. The van der Waals surface area contributed by atoms with E-state index in [4.69, 9.17) is 9.47 Å². The van der Waals surface area contributed by atoms with Crippen LogP contribution in [0.3, 0.4) is 0 Å². The lowest BCUT2D eigenvalue weighted by Gasteiger charge is -2.13. The zero-order chi connectivity index (χ0) is 17.2. The molecule has 2 heteroatoms. The second-order valence-electron chi connectivity index (χ2n) is 6.66. The Morgan fingerprint density at radius 1 is 0.960 bits per heavy atom. The normalized spacial score (nSPS) is 15.5. The van der Waals surface area contributed by atoms with Crippen molar-refractivity contribution in [3.05, 3.63) is 83.4 Å². The van der Waals surface area contributed by atoms with Crippen LogP contribution in [0.5, 0.6) is 11.5 Å². The Kier molecular flexibility index (Phi) is 4.19. The summed E-state index contributed by atoms with van der Waals surface area (Å²) in [7, 11) is 1.69. The highest BCUT2D eigenvalue weighted by atomic mass is 16.5. The standard InChI is InChI=1S/C23H22O2/c1-16-6-8-17(9-7-16)14-21-15-19-4-3-5-22(23(19)25-21)18-10-12-20(24-2)13-11-18/h3-13,21H,14-15H2,1-2H3. The lowest BCUT2D eigenvalue weighted by molar-refractivity contribution is 0.234. The monoisotopic (exact) mass is 330 g/mol. The number of methoxy groups -OCH3 is 1. The van der Waals surface area contributed by atoms with Gasteiger partial charge in [-0.2, -0.15) is 0 Å². The largest absolute Gasteiger partial charge is 0.497 e. The molecule has 1 heterocycles. The summed E-state index contributed by atoms with van der Waals surface area (Å²) in [4.78, 5) is 0. The van der Waals surface area contributed by atoms with Crippen LogP contribution in [0.2, 0.25) is 0 Å². The van der Waals surface area contributed by atoms with Crippen LogP contribution in [-0.4, -0.2) is 13.2 Å². The van der Waals surface area contributed by atoms with Crippen LogP contribution in [0.4, 0.5) is 0 Å². The first kappa shape index (κ1) is 15.8. The lowest BCUT2D eigenvalue weighted by Crippen LogP contribution is -2.16. The molecule has 1 aliphatic heterocycles. The van der Waals surface area contributed by atoms with Gasteiger partial charge in [0.1, 0.15) is 17.6 Å². The summed E-state index contributed by atoms with van der Waals surface area (Å²) < 4.78 is 11.6. The quantitative estimate of drug-likeness (QED) is 0.653.